The van der Waals surface area contributed by atoms with Gasteiger partial charge in [0.2, 0.25) is 0 Å². The summed E-state index contributed by atoms with van der Waals surface area (Å²) >= 11 is 0. The van der Waals surface area contributed by atoms with Crippen molar-refractivity contribution in [3.63, 3.8) is 0 Å². The van der Waals surface area contributed by atoms with Gasteiger partial charge >= 0.3 is 0 Å². The summed E-state index contributed by atoms with van der Waals surface area (Å²) in [7, 11) is 0. The molecule has 23 heavy (non-hydrogen) atoms. The maximum Gasteiger partial charge on any atom is 0.145 e. The van der Waals surface area contributed by atoms with Crippen LogP contribution in [0.4, 0.5) is 8.78 Å². The highest BCUT2D eigenvalue weighted by atomic mass is 19.1. The first kappa shape index (κ1) is 16.5. The third-order valence-electron chi connectivity index (χ3n) is 3.18. The van der Waals surface area contributed by atoms with Crippen LogP contribution < -0.4 is 0 Å². The molecule has 0 amide bonds. The van der Waals surface area contributed by atoms with Crippen LogP contribution in [0.1, 0.15) is 42.0 Å². The number of hydrogen-bond donors (Lipinski definition) is 0. The second-order valence-corrected chi connectivity index (χ2v) is 4.99. The lowest BCUT2D eigenvalue weighted by molar-refractivity contribution is 0.576. The van der Waals surface area contributed by atoms with E-state index in [0.29, 0.717) is 0 Å². The second-order valence-electron chi connectivity index (χ2n) is 4.99. The van der Waals surface area contributed by atoms with Crippen molar-refractivity contribution in [1.29, 1.82) is 5.26 Å². The number of benzene rings is 2. The number of allylic oxidation sites excluding steroid dienone is 1. The molecule has 0 radical (unpaired) electrons. The highest BCUT2D eigenvalue weighted by Gasteiger charge is 2.09. The van der Waals surface area contributed by atoms with Crippen molar-refractivity contribution < 1.29 is 8.78 Å². The normalized spacial score (nSPS) is 10.2. The van der Waals surface area contributed by atoms with Gasteiger partial charge in [0.1, 0.15) is 23.3 Å². The first-order chi connectivity index (χ1) is 11.1. The van der Waals surface area contributed by atoms with E-state index in [1.165, 1.54) is 6.07 Å². The Morgan fingerprint density at radius 2 is 1.61 bits per heavy atom. The Morgan fingerprint density at radius 1 is 1.00 bits per heavy atom. The Morgan fingerprint density at radius 3 is 2.17 bits per heavy atom. The van der Waals surface area contributed by atoms with Crippen molar-refractivity contribution in [2.45, 2.75) is 19.8 Å². The SMILES string of the molecule is CCC/C=C/c1ccc(C#Cc2cc(F)c(C#N)c(F)c2)cc1. The van der Waals surface area contributed by atoms with Gasteiger partial charge in [0.05, 0.1) is 0 Å². The number of halogens is 2. The first-order valence-electron chi connectivity index (χ1n) is 7.32. The molecule has 114 valence electrons. The third kappa shape index (κ3) is 4.53. The van der Waals surface area contributed by atoms with Crippen LogP contribution >= 0.6 is 0 Å². The summed E-state index contributed by atoms with van der Waals surface area (Å²) in [5.41, 5.74) is 1.45. The van der Waals surface area contributed by atoms with Gasteiger partial charge in [0, 0.05) is 11.1 Å². The molecule has 0 saturated heterocycles. The lowest BCUT2D eigenvalue weighted by Crippen LogP contribution is -1.91. The molecule has 0 aliphatic heterocycles. The van der Waals surface area contributed by atoms with Crippen LogP contribution in [0.25, 0.3) is 6.08 Å². The van der Waals surface area contributed by atoms with Crippen molar-refractivity contribution in [3.8, 4) is 17.9 Å². The lowest BCUT2D eigenvalue weighted by Gasteiger charge is -1.97. The molecule has 0 spiro atoms. The molecule has 0 aliphatic rings. The van der Waals surface area contributed by atoms with Crippen molar-refractivity contribution in [1.82, 2.24) is 0 Å². The van der Waals surface area contributed by atoms with Crippen molar-refractivity contribution in [3.05, 3.63) is 76.4 Å². The molecule has 2 aromatic carbocycles. The standard InChI is InChI=1S/C20H15F2N/c1-2-3-4-5-15-6-8-16(9-7-15)10-11-17-12-19(21)18(14-23)20(22)13-17/h4-9,12-13H,2-3H2,1H3/b5-4+. The summed E-state index contributed by atoms with van der Waals surface area (Å²) in [5, 5.41) is 8.63. The van der Waals surface area contributed by atoms with E-state index in [1.54, 1.807) is 0 Å². The van der Waals surface area contributed by atoms with Gasteiger partial charge in [-0.25, -0.2) is 8.78 Å². The zero-order valence-corrected chi connectivity index (χ0v) is 12.7. The highest BCUT2D eigenvalue weighted by Crippen LogP contribution is 2.14. The number of rotatable bonds is 3. The Kier molecular flexibility index (Phi) is 5.67. The lowest BCUT2D eigenvalue weighted by atomic mass is 10.1. The van der Waals surface area contributed by atoms with E-state index in [1.807, 2.05) is 30.3 Å². The second kappa shape index (κ2) is 7.92. The predicted octanol–water partition coefficient (Wildman–Crippen LogP) is 5.05. The largest absolute Gasteiger partial charge is 0.205 e. The molecule has 2 aromatic rings. The summed E-state index contributed by atoms with van der Waals surface area (Å²) in [5.74, 6) is 3.77. The highest BCUT2D eigenvalue weighted by molar-refractivity contribution is 5.52. The molecule has 0 atom stereocenters. The van der Waals surface area contributed by atoms with Gasteiger partial charge in [0.25, 0.3) is 0 Å². The number of nitrogens with zero attached hydrogens (tertiary/aromatic N) is 1. The molecular weight excluding hydrogens is 292 g/mol. The maximum atomic E-state index is 13.5. The average Bonchev–Trinajstić information content (AvgIpc) is 2.54. The van der Waals surface area contributed by atoms with Crippen LogP contribution in [0.15, 0.2) is 42.5 Å². The summed E-state index contributed by atoms with van der Waals surface area (Å²) < 4.78 is 27.0. The average molecular weight is 307 g/mol. The molecule has 0 aliphatic carbocycles. The molecule has 2 rings (SSSR count). The van der Waals surface area contributed by atoms with Crippen LogP contribution in [-0.4, -0.2) is 0 Å². The molecule has 0 fully saturated rings. The molecule has 0 aromatic heterocycles. The zero-order valence-electron chi connectivity index (χ0n) is 12.7. The van der Waals surface area contributed by atoms with Crippen molar-refractivity contribution in [2.24, 2.45) is 0 Å². The summed E-state index contributed by atoms with van der Waals surface area (Å²) in [4.78, 5) is 0. The van der Waals surface area contributed by atoms with Gasteiger partial charge in [-0.1, -0.05) is 49.5 Å². The summed E-state index contributed by atoms with van der Waals surface area (Å²) in [6.45, 7) is 2.12. The number of hydrogen-bond acceptors (Lipinski definition) is 1. The van der Waals surface area contributed by atoms with E-state index in [2.05, 4.69) is 24.8 Å². The number of unbranched alkanes of at least 4 members (excludes halogenated alkanes) is 1. The summed E-state index contributed by atoms with van der Waals surface area (Å²) in [6.07, 6.45) is 6.31. The van der Waals surface area contributed by atoms with Crippen molar-refractivity contribution in [2.75, 3.05) is 0 Å². The van der Waals surface area contributed by atoms with Gasteiger partial charge < -0.3 is 0 Å². The fourth-order valence-electron chi connectivity index (χ4n) is 1.96. The van der Waals surface area contributed by atoms with Gasteiger partial charge in [-0.05, 0) is 36.2 Å². The van der Waals surface area contributed by atoms with Gasteiger partial charge in [-0.3, -0.25) is 0 Å². The zero-order chi connectivity index (χ0) is 16.7. The van der Waals surface area contributed by atoms with E-state index in [0.717, 1.165) is 36.1 Å². The maximum absolute atomic E-state index is 13.5. The van der Waals surface area contributed by atoms with Gasteiger partial charge in [-0.2, -0.15) is 5.26 Å². The topological polar surface area (TPSA) is 23.8 Å². The Hall–Kier alpha value is -2.91. The van der Waals surface area contributed by atoms with E-state index >= 15 is 0 Å². The summed E-state index contributed by atoms with van der Waals surface area (Å²) in [6, 6.07) is 11.2. The quantitative estimate of drug-likeness (QED) is 0.728. The van der Waals surface area contributed by atoms with Crippen LogP contribution in [0, 0.1) is 34.8 Å². The monoisotopic (exact) mass is 307 g/mol. The van der Waals surface area contributed by atoms with E-state index in [-0.39, 0.29) is 5.56 Å². The molecule has 1 nitrogen and oxygen atoms in total. The molecule has 3 heteroatoms. The van der Waals surface area contributed by atoms with Gasteiger partial charge in [0.15, 0.2) is 0 Å². The minimum absolute atomic E-state index is 0.200. The molecule has 0 unspecified atom stereocenters. The minimum atomic E-state index is -0.895. The number of nitriles is 1. The Labute approximate surface area is 134 Å². The Balaban J connectivity index is 2.18. The van der Waals surface area contributed by atoms with Crippen LogP contribution in [0.2, 0.25) is 0 Å². The van der Waals surface area contributed by atoms with Crippen LogP contribution in [-0.2, 0) is 0 Å². The van der Waals surface area contributed by atoms with Crippen LogP contribution in [0.5, 0.6) is 0 Å². The smallest absolute Gasteiger partial charge is 0.145 e. The molecule has 0 heterocycles. The van der Waals surface area contributed by atoms with E-state index < -0.39 is 17.2 Å². The molecule has 0 bridgehead atoms. The molecule has 0 saturated carbocycles. The van der Waals surface area contributed by atoms with E-state index in [4.69, 9.17) is 5.26 Å². The molecule has 0 N–H and O–H groups in total. The molecular formula is C20H15F2N. The Bertz CT molecular complexity index is 792. The van der Waals surface area contributed by atoms with Crippen LogP contribution in [0.3, 0.4) is 0 Å². The minimum Gasteiger partial charge on any atom is -0.205 e. The predicted molar refractivity (Wildman–Crippen MR) is 87.4 cm³/mol. The first-order valence-corrected chi connectivity index (χ1v) is 7.32. The third-order valence-corrected chi connectivity index (χ3v) is 3.18. The van der Waals surface area contributed by atoms with Crippen molar-refractivity contribution >= 4 is 6.08 Å². The van der Waals surface area contributed by atoms with E-state index in [9.17, 15) is 8.78 Å². The fraction of sp³-hybridized carbons (Fsp3) is 0.150. The van der Waals surface area contributed by atoms with Gasteiger partial charge in [-0.15, -0.1) is 0 Å². The fourth-order valence-corrected chi connectivity index (χ4v) is 1.96.